The number of anilines is 1. The lowest BCUT2D eigenvalue weighted by Gasteiger charge is -2.31. The van der Waals surface area contributed by atoms with E-state index in [4.69, 9.17) is 5.11 Å². The Hall–Kier alpha value is -2.34. The summed E-state index contributed by atoms with van der Waals surface area (Å²) in [6.45, 7) is 2.31. The van der Waals surface area contributed by atoms with Crippen molar-refractivity contribution in [1.82, 2.24) is 14.2 Å². The van der Waals surface area contributed by atoms with Gasteiger partial charge in [-0.3, -0.25) is 4.79 Å². The van der Waals surface area contributed by atoms with Crippen molar-refractivity contribution in [3.8, 4) is 0 Å². The number of carboxylic acids is 1. The van der Waals surface area contributed by atoms with Crippen molar-refractivity contribution in [3.63, 3.8) is 0 Å². The molecule has 0 unspecified atom stereocenters. The molecule has 1 amide bonds. The first-order valence-electron chi connectivity index (χ1n) is 11.5. The minimum Gasteiger partial charge on any atom is -0.476 e. The molecule has 0 radical (unpaired) electrons. The third-order valence-corrected chi connectivity index (χ3v) is 9.37. The molecular formula is C23H30N4O5S2. The van der Waals surface area contributed by atoms with E-state index in [-0.39, 0.29) is 21.6 Å². The molecule has 1 saturated carbocycles. The molecule has 2 aliphatic rings. The molecule has 1 aliphatic heterocycles. The van der Waals surface area contributed by atoms with E-state index in [9.17, 15) is 18.0 Å². The molecule has 0 bridgehead atoms. The number of nitrogens with one attached hydrogen (secondary N) is 1. The van der Waals surface area contributed by atoms with Crippen molar-refractivity contribution in [1.29, 1.82) is 0 Å². The van der Waals surface area contributed by atoms with Crippen molar-refractivity contribution in [2.24, 2.45) is 5.92 Å². The summed E-state index contributed by atoms with van der Waals surface area (Å²) in [5.74, 6) is -1.44. The summed E-state index contributed by atoms with van der Waals surface area (Å²) in [5.41, 5.74) is 0.642. The van der Waals surface area contributed by atoms with Crippen LogP contribution in [0.1, 0.15) is 54.1 Å². The number of hydrogen-bond acceptors (Lipinski definition) is 7. The van der Waals surface area contributed by atoms with Crippen LogP contribution in [0, 0.1) is 5.92 Å². The molecule has 9 nitrogen and oxygen atoms in total. The molecule has 1 saturated heterocycles. The summed E-state index contributed by atoms with van der Waals surface area (Å²) < 4.78 is 27.6. The number of thiazole rings is 1. The highest BCUT2D eigenvalue weighted by molar-refractivity contribution is 7.89. The largest absolute Gasteiger partial charge is 0.476 e. The number of aromatic carboxylic acids is 1. The smallest absolute Gasteiger partial charge is 0.355 e. The number of piperazine rings is 1. The fourth-order valence-corrected chi connectivity index (χ4v) is 6.75. The number of carboxylic acid groups (broad SMARTS) is 1. The van der Waals surface area contributed by atoms with Crippen LogP contribution >= 0.6 is 11.3 Å². The van der Waals surface area contributed by atoms with E-state index in [2.05, 4.69) is 15.2 Å². The number of benzene rings is 1. The highest BCUT2D eigenvalue weighted by Crippen LogP contribution is 2.35. The first-order valence-corrected chi connectivity index (χ1v) is 13.8. The number of aromatic nitrogens is 1. The average molecular weight is 507 g/mol. The van der Waals surface area contributed by atoms with Crippen LogP contribution in [-0.4, -0.2) is 72.8 Å². The molecule has 0 spiro atoms. The first kappa shape index (κ1) is 24.8. The summed E-state index contributed by atoms with van der Waals surface area (Å²) in [6, 6.07) is 6.63. The second kappa shape index (κ2) is 10.5. The Balaban J connectivity index is 1.53. The molecule has 2 fully saturated rings. The highest BCUT2D eigenvalue weighted by Gasteiger charge is 2.30. The van der Waals surface area contributed by atoms with Gasteiger partial charge in [-0.2, -0.15) is 4.31 Å². The van der Waals surface area contributed by atoms with Gasteiger partial charge in [0.1, 0.15) is 0 Å². The SMILES string of the molecule is CN1CCN(S(=O)(=O)c2ccc([C@@H](CC3CCCC3)C(=O)Nc3nc(C(=O)O)cs3)cc2)CC1. The van der Waals surface area contributed by atoms with Gasteiger partial charge in [-0.05, 0) is 37.1 Å². The molecule has 1 aromatic heterocycles. The minimum atomic E-state index is -3.58. The number of likely N-dealkylation sites (N-methyl/N-ethyl adjacent to an activating group) is 1. The monoisotopic (exact) mass is 506 g/mol. The Labute approximate surface area is 203 Å². The Bertz CT molecular complexity index is 1120. The zero-order valence-corrected chi connectivity index (χ0v) is 20.8. The van der Waals surface area contributed by atoms with E-state index in [1.54, 1.807) is 24.3 Å². The molecule has 11 heteroatoms. The van der Waals surface area contributed by atoms with Crippen LogP contribution in [0.15, 0.2) is 34.5 Å². The van der Waals surface area contributed by atoms with E-state index in [0.29, 0.717) is 38.5 Å². The van der Waals surface area contributed by atoms with E-state index in [1.807, 2.05) is 7.05 Å². The maximum absolute atomic E-state index is 13.2. The quantitative estimate of drug-likeness (QED) is 0.565. The van der Waals surface area contributed by atoms with Crippen LogP contribution in [0.2, 0.25) is 0 Å². The van der Waals surface area contributed by atoms with Gasteiger partial charge in [0.05, 0.1) is 10.8 Å². The second-order valence-corrected chi connectivity index (χ2v) is 11.8. The molecule has 2 N–H and O–H groups in total. The van der Waals surface area contributed by atoms with Crippen molar-refractivity contribution in [3.05, 3.63) is 40.9 Å². The number of carbonyl (C=O) groups is 2. The summed E-state index contributed by atoms with van der Waals surface area (Å²) >= 11 is 1.07. The number of hydrogen-bond donors (Lipinski definition) is 2. The molecule has 184 valence electrons. The molecule has 1 aliphatic carbocycles. The maximum Gasteiger partial charge on any atom is 0.355 e. The van der Waals surface area contributed by atoms with Crippen LogP contribution in [0.3, 0.4) is 0 Å². The minimum absolute atomic E-state index is 0.105. The van der Waals surface area contributed by atoms with Gasteiger partial charge < -0.3 is 15.3 Å². The highest BCUT2D eigenvalue weighted by atomic mass is 32.2. The van der Waals surface area contributed by atoms with Crippen molar-refractivity contribution >= 4 is 38.4 Å². The Morgan fingerprint density at radius 1 is 1.15 bits per heavy atom. The van der Waals surface area contributed by atoms with Crippen LogP contribution in [0.5, 0.6) is 0 Å². The van der Waals surface area contributed by atoms with E-state index >= 15 is 0 Å². The molecule has 4 rings (SSSR count). The van der Waals surface area contributed by atoms with Crippen molar-refractivity contribution < 1.29 is 23.1 Å². The number of amides is 1. The van der Waals surface area contributed by atoms with E-state index in [0.717, 1.165) is 42.6 Å². The third kappa shape index (κ3) is 5.65. The molecule has 1 atom stereocenters. The molecule has 2 aromatic rings. The van der Waals surface area contributed by atoms with Gasteiger partial charge in [-0.1, -0.05) is 37.8 Å². The van der Waals surface area contributed by atoms with Gasteiger partial charge >= 0.3 is 5.97 Å². The zero-order chi connectivity index (χ0) is 24.3. The van der Waals surface area contributed by atoms with Crippen LogP contribution in [0.25, 0.3) is 0 Å². The van der Waals surface area contributed by atoms with Crippen molar-refractivity contribution in [2.75, 3.05) is 38.5 Å². The molecular weight excluding hydrogens is 476 g/mol. The fourth-order valence-electron chi connectivity index (χ4n) is 4.65. The molecule has 34 heavy (non-hydrogen) atoms. The van der Waals surface area contributed by atoms with Gasteiger partial charge in [0.25, 0.3) is 0 Å². The van der Waals surface area contributed by atoms with Gasteiger partial charge in [0, 0.05) is 31.6 Å². The number of nitrogens with zero attached hydrogens (tertiary/aromatic N) is 3. The topological polar surface area (TPSA) is 120 Å². The predicted octanol–water partition coefficient (Wildman–Crippen LogP) is 3.08. The Morgan fingerprint density at radius 2 is 1.79 bits per heavy atom. The standard InChI is InChI=1S/C23H30N4O5S2/c1-26-10-12-27(13-11-26)34(31,32)18-8-6-17(7-9-18)19(14-16-4-2-3-5-16)21(28)25-23-24-20(15-33-23)22(29)30/h6-9,15-16,19H,2-5,10-14H2,1H3,(H,29,30)(H,24,25,28)/t19-/m1/s1. The Morgan fingerprint density at radius 3 is 2.38 bits per heavy atom. The zero-order valence-electron chi connectivity index (χ0n) is 19.1. The molecule has 2 heterocycles. The fraction of sp³-hybridized carbons (Fsp3) is 0.522. The summed E-state index contributed by atoms with van der Waals surface area (Å²) in [7, 11) is -1.61. The number of sulfonamides is 1. The average Bonchev–Trinajstić information content (AvgIpc) is 3.50. The Kier molecular flexibility index (Phi) is 7.66. The predicted molar refractivity (Wildman–Crippen MR) is 130 cm³/mol. The van der Waals surface area contributed by atoms with E-state index < -0.39 is 21.9 Å². The summed E-state index contributed by atoms with van der Waals surface area (Å²) in [5, 5.41) is 13.5. The van der Waals surface area contributed by atoms with Gasteiger partial charge in [-0.25, -0.2) is 18.2 Å². The number of rotatable bonds is 8. The third-order valence-electron chi connectivity index (χ3n) is 6.70. The normalized spacial score (nSPS) is 19.2. The van der Waals surface area contributed by atoms with E-state index in [1.165, 1.54) is 9.69 Å². The lowest BCUT2D eigenvalue weighted by atomic mass is 9.87. The summed E-state index contributed by atoms with van der Waals surface area (Å²) in [6.07, 6.45) is 5.10. The lowest BCUT2D eigenvalue weighted by Crippen LogP contribution is -2.47. The lowest BCUT2D eigenvalue weighted by molar-refractivity contribution is -0.118. The van der Waals surface area contributed by atoms with Crippen LogP contribution < -0.4 is 5.32 Å². The first-order chi connectivity index (χ1) is 16.2. The second-order valence-electron chi connectivity index (χ2n) is 9.05. The van der Waals surface area contributed by atoms with Gasteiger partial charge in [0.15, 0.2) is 10.8 Å². The molecule has 1 aromatic carbocycles. The summed E-state index contributed by atoms with van der Waals surface area (Å²) in [4.78, 5) is 30.6. The van der Waals surface area contributed by atoms with Crippen molar-refractivity contribution in [2.45, 2.75) is 42.9 Å². The van der Waals surface area contributed by atoms with Gasteiger partial charge in [0.2, 0.25) is 15.9 Å². The van der Waals surface area contributed by atoms with Crippen LogP contribution in [-0.2, 0) is 14.8 Å². The van der Waals surface area contributed by atoms with Crippen LogP contribution in [0.4, 0.5) is 5.13 Å². The van der Waals surface area contributed by atoms with Gasteiger partial charge in [-0.15, -0.1) is 11.3 Å². The number of carbonyl (C=O) groups excluding carboxylic acids is 1. The maximum atomic E-state index is 13.2.